The van der Waals surface area contributed by atoms with Crippen LogP contribution >= 0.6 is 21.7 Å². The normalized spacial score (nSPS) is 12.2. The molecule has 0 bridgehead atoms. The molecule has 1 atom stereocenters. The first-order valence-corrected chi connectivity index (χ1v) is 4.59. The molecule has 0 aromatic rings. The lowest BCUT2D eigenvalue weighted by Gasteiger charge is -2.08. The van der Waals surface area contributed by atoms with Gasteiger partial charge in [0, 0.05) is 6.54 Å². The maximum Gasteiger partial charge on any atom is 0.245 e. The van der Waals surface area contributed by atoms with E-state index in [1.807, 2.05) is 6.92 Å². The molecule has 3 nitrogen and oxygen atoms in total. The monoisotopic (exact) mass is 192 g/mol. The summed E-state index contributed by atoms with van der Waals surface area (Å²) in [5, 5.41) is 2.68. The van der Waals surface area contributed by atoms with Crippen LogP contribution in [0.2, 0.25) is 0 Å². The molecule has 0 saturated heterocycles. The lowest BCUT2D eigenvalue weighted by atomic mass is 10.2. The second kappa shape index (κ2) is 6.62. The maximum absolute atomic E-state index is 11.1. The van der Waals surface area contributed by atoms with Crippen LogP contribution in [0.1, 0.15) is 13.3 Å². The Hall–Kier alpha value is -0.0800. The summed E-state index contributed by atoms with van der Waals surface area (Å²) in [6.45, 7) is 2.52. The van der Waals surface area contributed by atoms with Crippen molar-refractivity contribution in [1.82, 2.24) is 5.32 Å². The summed E-state index contributed by atoms with van der Waals surface area (Å²) in [4.78, 5) is 11.1. The van der Waals surface area contributed by atoms with Crippen molar-refractivity contribution in [1.29, 1.82) is 0 Å². The fourth-order valence-corrected chi connectivity index (χ4v) is 1.16. The van der Waals surface area contributed by atoms with Gasteiger partial charge in [-0.3, -0.25) is 9.54 Å². The second-order valence-electron chi connectivity index (χ2n) is 2.05. The van der Waals surface area contributed by atoms with Crippen molar-refractivity contribution >= 4 is 27.6 Å². The van der Waals surface area contributed by atoms with Gasteiger partial charge in [-0.15, -0.1) is 0 Å². The summed E-state index contributed by atoms with van der Waals surface area (Å²) in [6, 6.07) is -0.302. The van der Waals surface area contributed by atoms with Crippen molar-refractivity contribution in [3.63, 3.8) is 0 Å². The zero-order valence-corrected chi connectivity index (χ0v) is 8.40. The number of nitrogens with one attached hydrogen (secondary N) is 1. The predicted octanol–water partition coefficient (Wildman–Crippen LogP) is 1.14. The number of nitrogens with zero attached hydrogens (tertiary/aromatic N) is 1. The van der Waals surface area contributed by atoms with Gasteiger partial charge in [-0.2, -0.15) is 12.6 Å². The van der Waals surface area contributed by atoms with E-state index in [2.05, 4.69) is 31.7 Å². The van der Waals surface area contributed by atoms with Crippen LogP contribution in [0.5, 0.6) is 0 Å². The summed E-state index contributed by atoms with van der Waals surface area (Å²) in [7, 11) is 2.96. The van der Waals surface area contributed by atoms with Crippen molar-refractivity contribution in [2.75, 3.05) is 12.3 Å². The standard InChI is InChI=1S/C6H13N2OPS/c1-2-7-6(9)5(8-10)3-4-11/h5,10-11H,2-4H2,1H3,(H,7,9). The Bertz CT molecular complexity index is 143. The number of carbonyl (C=O) groups is 1. The number of carbonyl (C=O) groups excluding carboxylic acids is 1. The Balaban J connectivity index is 3.81. The highest BCUT2D eigenvalue weighted by Gasteiger charge is 2.13. The first-order valence-electron chi connectivity index (χ1n) is 3.51. The topological polar surface area (TPSA) is 41.5 Å². The predicted molar refractivity (Wildman–Crippen MR) is 51.7 cm³/mol. The number of amides is 1. The highest BCUT2D eigenvalue weighted by atomic mass is 32.1. The minimum atomic E-state index is -0.302. The van der Waals surface area contributed by atoms with Gasteiger partial charge in [0.15, 0.2) is 0 Å². The SMILES string of the molecule is CCNC(=O)C(CCS)N=P. The minimum Gasteiger partial charge on any atom is -0.355 e. The van der Waals surface area contributed by atoms with Gasteiger partial charge in [0.1, 0.15) is 6.04 Å². The zero-order chi connectivity index (χ0) is 8.69. The van der Waals surface area contributed by atoms with E-state index >= 15 is 0 Å². The van der Waals surface area contributed by atoms with Gasteiger partial charge in [0.2, 0.25) is 5.91 Å². The summed E-state index contributed by atoms with van der Waals surface area (Å²) in [5.74, 6) is 0.618. The quantitative estimate of drug-likeness (QED) is 0.497. The summed E-state index contributed by atoms with van der Waals surface area (Å²) in [6.07, 6.45) is 0.665. The molecular weight excluding hydrogens is 179 g/mol. The molecule has 0 spiro atoms. The average molecular weight is 192 g/mol. The number of thiol groups is 1. The van der Waals surface area contributed by atoms with E-state index in [4.69, 9.17) is 0 Å². The van der Waals surface area contributed by atoms with Crippen LogP contribution < -0.4 is 5.32 Å². The van der Waals surface area contributed by atoms with Crippen LogP contribution in [0.25, 0.3) is 0 Å². The van der Waals surface area contributed by atoms with Gasteiger partial charge in [-0.1, -0.05) is 0 Å². The van der Waals surface area contributed by atoms with Crippen LogP contribution in [0.3, 0.4) is 0 Å². The molecule has 0 aromatic heterocycles. The van der Waals surface area contributed by atoms with Crippen LogP contribution in [-0.2, 0) is 4.79 Å². The Labute approximate surface area is 74.7 Å². The van der Waals surface area contributed by atoms with Gasteiger partial charge in [-0.05, 0) is 28.1 Å². The Morgan fingerprint density at radius 1 is 1.82 bits per heavy atom. The first-order chi connectivity index (χ1) is 5.26. The van der Waals surface area contributed by atoms with E-state index in [1.165, 1.54) is 0 Å². The molecule has 0 radical (unpaired) electrons. The minimum absolute atomic E-state index is 0.0449. The maximum atomic E-state index is 11.1. The van der Waals surface area contributed by atoms with Gasteiger partial charge in [-0.25, -0.2) is 0 Å². The molecule has 0 fully saturated rings. The second-order valence-corrected chi connectivity index (χ2v) is 2.76. The third kappa shape index (κ3) is 4.38. The molecule has 0 aliphatic carbocycles. The van der Waals surface area contributed by atoms with Crippen molar-refractivity contribution in [2.24, 2.45) is 4.74 Å². The molecule has 0 aliphatic heterocycles. The van der Waals surface area contributed by atoms with E-state index < -0.39 is 0 Å². The number of hydrogen-bond acceptors (Lipinski definition) is 3. The molecule has 64 valence electrons. The van der Waals surface area contributed by atoms with E-state index in [1.54, 1.807) is 0 Å². The largest absolute Gasteiger partial charge is 0.355 e. The van der Waals surface area contributed by atoms with Crippen molar-refractivity contribution in [2.45, 2.75) is 19.4 Å². The molecule has 5 heteroatoms. The van der Waals surface area contributed by atoms with Gasteiger partial charge in [0.05, 0.1) is 0 Å². The number of likely N-dealkylation sites (N-methyl/N-ethyl adjacent to an activating group) is 1. The van der Waals surface area contributed by atoms with E-state index in [9.17, 15) is 4.79 Å². The van der Waals surface area contributed by atoms with Crippen LogP contribution in [0.4, 0.5) is 0 Å². The lowest BCUT2D eigenvalue weighted by molar-refractivity contribution is -0.122. The summed E-state index contributed by atoms with van der Waals surface area (Å²) >= 11 is 4.02. The highest BCUT2D eigenvalue weighted by molar-refractivity contribution is 7.80. The Morgan fingerprint density at radius 3 is 2.82 bits per heavy atom. The molecule has 0 aromatic carbocycles. The molecule has 1 unspecified atom stereocenters. The third-order valence-corrected chi connectivity index (χ3v) is 1.78. The molecule has 1 amide bonds. The average Bonchev–Trinajstić information content (AvgIpc) is 2.00. The molecule has 0 heterocycles. The van der Waals surface area contributed by atoms with Crippen molar-refractivity contribution < 1.29 is 4.79 Å². The number of rotatable bonds is 5. The fraction of sp³-hybridized carbons (Fsp3) is 0.833. The third-order valence-electron chi connectivity index (χ3n) is 1.21. The van der Waals surface area contributed by atoms with E-state index in [0.717, 1.165) is 0 Å². The first kappa shape index (κ1) is 10.9. The van der Waals surface area contributed by atoms with Gasteiger partial charge < -0.3 is 5.32 Å². The molecule has 1 N–H and O–H groups in total. The van der Waals surface area contributed by atoms with Crippen molar-refractivity contribution in [3.05, 3.63) is 0 Å². The highest BCUT2D eigenvalue weighted by Crippen LogP contribution is 2.01. The molecule has 0 saturated carbocycles. The number of hydrogen-bond donors (Lipinski definition) is 2. The Kier molecular flexibility index (Phi) is 6.57. The molecular formula is C6H13N2OPS. The van der Waals surface area contributed by atoms with E-state index in [0.29, 0.717) is 18.7 Å². The molecule has 0 aliphatic rings. The Morgan fingerprint density at radius 2 is 2.45 bits per heavy atom. The molecule has 0 rings (SSSR count). The smallest absolute Gasteiger partial charge is 0.245 e. The van der Waals surface area contributed by atoms with Crippen LogP contribution in [0.15, 0.2) is 4.74 Å². The van der Waals surface area contributed by atoms with E-state index in [-0.39, 0.29) is 11.9 Å². The van der Waals surface area contributed by atoms with Crippen LogP contribution in [-0.4, -0.2) is 24.2 Å². The molecule has 11 heavy (non-hydrogen) atoms. The van der Waals surface area contributed by atoms with Gasteiger partial charge in [0.25, 0.3) is 0 Å². The lowest BCUT2D eigenvalue weighted by Crippen LogP contribution is -2.33. The fourth-order valence-electron chi connectivity index (χ4n) is 0.669. The summed E-state index contributed by atoms with van der Waals surface area (Å²) < 4.78 is 3.74. The van der Waals surface area contributed by atoms with Crippen molar-refractivity contribution in [3.8, 4) is 0 Å². The summed E-state index contributed by atoms with van der Waals surface area (Å²) in [5.41, 5.74) is 0. The van der Waals surface area contributed by atoms with Crippen LogP contribution in [0, 0.1) is 0 Å². The van der Waals surface area contributed by atoms with Gasteiger partial charge >= 0.3 is 0 Å². The zero-order valence-electron chi connectivity index (χ0n) is 6.50.